The first-order valence-corrected chi connectivity index (χ1v) is 10.2. The molecule has 9 nitrogen and oxygen atoms in total. The van der Waals surface area contributed by atoms with E-state index in [0.29, 0.717) is 28.1 Å². The largest absolute Gasteiger partial charge is 0.302 e. The summed E-state index contributed by atoms with van der Waals surface area (Å²) >= 11 is 7.15. The number of benzene rings is 2. The third-order valence-corrected chi connectivity index (χ3v) is 5.21. The summed E-state index contributed by atoms with van der Waals surface area (Å²) in [6, 6.07) is 13.4. The Kier molecular flexibility index (Phi) is 7.15. The number of nitro groups is 1. The van der Waals surface area contributed by atoms with Crippen LogP contribution >= 0.6 is 23.4 Å². The molecule has 11 heteroatoms. The number of aromatic nitrogens is 3. The van der Waals surface area contributed by atoms with Crippen LogP contribution in [0.4, 0.5) is 5.69 Å². The molecule has 0 saturated carbocycles. The van der Waals surface area contributed by atoms with Gasteiger partial charge in [0, 0.05) is 23.2 Å². The van der Waals surface area contributed by atoms with E-state index in [4.69, 9.17) is 11.6 Å². The monoisotopic (exact) mass is 444 g/mol. The summed E-state index contributed by atoms with van der Waals surface area (Å²) in [7, 11) is 0. The minimum Gasteiger partial charge on any atom is -0.302 e. The Bertz CT molecular complexity index is 1080. The van der Waals surface area contributed by atoms with E-state index in [0.717, 1.165) is 5.56 Å². The number of rotatable bonds is 8. The first-order chi connectivity index (χ1) is 14.5. The van der Waals surface area contributed by atoms with Crippen molar-refractivity contribution in [3.05, 3.63) is 69.2 Å². The number of hydrogen-bond donors (Lipinski definition) is 1. The molecule has 0 unspecified atom stereocenters. The highest BCUT2D eigenvalue weighted by Gasteiger charge is 2.15. The average molecular weight is 445 g/mol. The Labute approximate surface area is 181 Å². The Hall–Kier alpha value is -3.24. The molecule has 0 aliphatic carbocycles. The lowest BCUT2D eigenvalue weighted by atomic mass is 10.2. The van der Waals surface area contributed by atoms with Gasteiger partial charge in [-0.15, -0.1) is 10.2 Å². The number of nitrogens with zero attached hydrogens (tertiary/aromatic N) is 5. The fraction of sp³-hybridized carbons (Fsp3) is 0.158. The molecule has 1 heterocycles. The zero-order valence-electron chi connectivity index (χ0n) is 15.9. The molecule has 1 amide bonds. The molecule has 1 aromatic heterocycles. The molecule has 1 N–H and O–H groups in total. The molecule has 0 atom stereocenters. The van der Waals surface area contributed by atoms with Crippen molar-refractivity contribution in [1.29, 1.82) is 0 Å². The molecular weight excluding hydrogens is 428 g/mol. The van der Waals surface area contributed by atoms with Crippen LogP contribution in [0.2, 0.25) is 5.02 Å². The SMILES string of the molecule is CCn1c(SCC(=O)N/N=C/c2ccccc2[N+](=O)[O-])nnc1-c1ccc(Cl)cc1. The predicted octanol–water partition coefficient (Wildman–Crippen LogP) is 3.77. The number of carbonyl (C=O) groups excluding carboxylic acids is 1. The lowest BCUT2D eigenvalue weighted by Gasteiger charge is -2.07. The third-order valence-electron chi connectivity index (χ3n) is 3.99. The van der Waals surface area contributed by atoms with E-state index in [-0.39, 0.29) is 17.3 Å². The molecule has 0 spiro atoms. The Morgan fingerprint density at radius 3 is 2.70 bits per heavy atom. The number of nitro benzene ring substituents is 1. The molecule has 2 aromatic carbocycles. The van der Waals surface area contributed by atoms with Crippen LogP contribution in [0.15, 0.2) is 58.8 Å². The van der Waals surface area contributed by atoms with Crippen LogP contribution < -0.4 is 5.43 Å². The average Bonchev–Trinajstić information content (AvgIpc) is 3.16. The molecule has 0 saturated heterocycles. The summed E-state index contributed by atoms with van der Waals surface area (Å²) in [5.41, 5.74) is 3.45. The van der Waals surface area contributed by atoms with Gasteiger partial charge in [0.25, 0.3) is 11.6 Å². The predicted molar refractivity (Wildman–Crippen MR) is 116 cm³/mol. The fourth-order valence-electron chi connectivity index (χ4n) is 2.59. The number of amides is 1. The van der Waals surface area contributed by atoms with Crippen LogP contribution in [0, 0.1) is 10.1 Å². The van der Waals surface area contributed by atoms with Crippen LogP contribution in [0.1, 0.15) is 12.5 Å². The summed E-state index contributed by atoms with van der Waals surface area (Å²) in [5.74, 6) is 0.382. The van der Waals surface area contributed by atoms with E-state index in [1.165, 1.54) is 24.0 Å². The highest BCUT2D eigenvalue weighted by molar-refractivity contribution is 7.99. The highest BCUT2D eigenvalue weighted by atomic mass is 35.5. The molecular formula is C19H17ClN6O3S. The quantitative estimate of drug-likeness (QED) is 0.245. The summed E-state index contributed by atoms with van der Waals surface area (Å²) in [5, 5.41) is 24.4. The summed E-state index contributed by atoms with van der Waals surface area (Å²) in [6.45, 7) is 2.59. The molecule has 0 fully saturated rings. The minimum absolute atomic E-state index is 0.0625. The lowest BCUT2D eigenvalue weighted by Crippen LogP contribution is -2.20. The Balaban J connectivity index is 1.61. The first-order valence-electron chi connectivity index (χ1n) is 8.87. The molecule has 30 heavy (non-hydrogen) atoms. The standard InChI is InChI=1S/C19H17ClN6O3S/c1-2-25-18(13-7-9-15(20)10-8-13)23-24-19(25)30-12-17(27)22-21-11-14-5-3-4-6-16(14)26(28)29/h3-11H,2,12H2,1H3,(H,22,27)/b21-11+. The molecule has 0 aliphatic rings. The number of halogens is 1. The van der Waals surface area contributed by atoms with E-state index >= 15 is 0 Å². The van der Waals surface area contributed by atoms with E-state index in [9.17, 15) is 14.9 Å². The van der Waals surface area contributed by atoms with Crippen molar-refractivity contribution in [2.45, 2.75) is 18.6 Å². The minimum atomic E-state index is -0.505. The van der Waals surface area contributed by atoms with E-state index < -0.39 is 4.92 Å². The zero-order valence-corrected chi connectivity index (χ0v) is 17.4. The van der Waals surface area contributed by atoms with Crippen LogP contribution in [0.25, 0.3) is 11.4 Å². The van der Waals surface area contributed by atoms with Gasteiger partial charge in [-0.1, -0.05) is 35.5 Å². The summed E-state index contributed by atoms with van der Waals surface area (Å²) in [6.07, 6.45) is 1.24. The third kappa shape index (κ3) is 5.22. The van der Waals surface area contributed by atoms with Crippen LogP contribution in [-0.2, 0) is 11.3 Å². The highest BCUT2D eigenvalue weighted by Crippen LogP contribution is 2.25. The second kappa shape index (κ2) is 9.99. The van der Waals surface area contributed by atoms with Crippen molar-refractivity contribution in [2.75, 3.05) is 5.75 Å². The second-order valence-corrected chi connectivity index (χ2v) is 7.33. The Morgan fingerprint density at radius 2 is 2.00 bits per heavy atom. The number of carbonyl (C=O) groups is 1. The van der Waals surface area contributed by atoms with E-state index in [1.54, 1.807) is 30.3 Å². The number of hydrazone groups is 1. The maximum absolute atomic E-state index is 12.1. The second-order valence-electron chi connectivity index (χ2n) is 5.96. The molecule has 0 bridgehead atoms. The van der Waals surface area contributed by atoms with Gasteiger partial charge < -0.3 is 4.57 Å². The van der Waals surface area contributed by atoms with Gasteiger partial charge >= 0.3 is 0 Å². The molecule has 154 valence electrons. The number of nitrogens with one attached hydrogen (secondary N) is 1. The van der Waals surface area contributed by atoms with Crippen molar-refractivity contribution in [3.8, 4) is 11.4 Å². The van der Waals surface area contributed by atoms with Gasteiger partial charge in [0.15, 0.2) is 11.0 Å². The van der Waals surface area contributed by atoms with Crippen molar-refractivity contribution in [3.63, 3.8) is 0 Å². The van der Waals surface area contributed by atoms with Crippen LogP contribution in [0.3, 0.4) is 0 Å². The smallest absolute Gasteiger partial charge is 0.278 e. The van der Waals surface area contributed by atoms with Gasteiger partial charge in [0.05, 0.1) is 22.5 Å². The Morgan fingerprint density at radius 1 is 1.27 bits per heavy atom. The topological polar surface area (TPSA) is 115 Å². The fourth-order valence-corrected chi connectivity index (χ4v) is 3.51. The van der Waals surface area contributed by atoms with Gasteiger partial charge in [-0.25, -0.2) is 5.43 Å². The van der Waals surface area contributed by atoms with Crippen molar-refractivity contribution >= 4 is 41.2 Å². The summed E-state index contributed by atoms with van der Waals surface area (Å²) in [4.78, 5) is 22.6. The number of thioether (sulfide) groups is 1. The molecule has 3 aromatic rings. The lowest BCUT2D eigenvalue weighted by molar-refractivity contribution is -0.385. The zero-order chi connectivity index (χ0) is 21.5. The van der Waals surface area contributed by atoms with Crippen molar-refractivity contribution in [2.24, 2.45) is 5.10 Å². The maximum Gasteiger partial charge on any atom is 0.278 e. The van der Waals surface area contributed by atoms with Gasteiger partial charge in [0.2, 0.25) is 0 Å². The van der Waals surface area contributed by atoms with Crippen LogP contribution in [0.5, 0.6) is 0 Å². The van der Waals surface area contributed by atoms with Gasteiger partial charge in [-0.3, -0.25) is 14.9 Å². The maximum atomic E-state index is 12.1. The number of para-hydroxylation sites is 1. The van der Waals surface area contributed by atoms with E-state index in [1.807, 2.05) is 23.6 Å². The summed E-state index contributed by atoms with van der Waals surface area (Å²) < 4.78 is 1.90. The molecule has 0 aliphatic heterocycles. The van der Waals surface area contributed by atoms with Gasteiger partial charge in [-0.2, -0.15) is 5.10 Å². The van der Waals surface area contributed by atoms with E-state index in [2.05, 4.69) is 20.7 Å². The van der Waals surface area contributed by atoms with Crippen LogP contribution in [-0.4, -0.2) is 37.6 Å². The number of hydrogen-bond acceptors (Lipinski definition) is 7. The first kappa shape index (κ1) is 21.5. The van der Waals surface area contributed by atoms with Crippen molar-refractivity contribution < 1.29 is 9.72 Å². The van der Waals surface area contributed by atoms with Crippen molar-refractivity contribution in [1.82, 2.24) is 20.2 Å². The molecule has 3 rings (SSSR count). The van der Waals surface area contributed by atoms with Gasteiger partial charge in [0.1, 0.15) is 0 Å². The normalized spacial score (nSPS) is 11.0. The molecule has 0 radical (unpaired) electrons. The van der Waals surface area contributed by atoms with Gasteiger partial charge in [-0.05, 0) is 37.3 Å².